The van der Waals surface area contributed by atoms with Gasteiger partial charge < -0.3 is 4.74 Å². The van der Waals surface area contributed by atoms with Gasteiger partial charge >= 0.3 is 5.97 Å². The Bertz CT molecular complexity index is 715. The van der Waals surface area contributed by atoms with Gasteiger partial charge in [0, 0.05) is 24.2 Å². The van der Waals surface area contributed by atoms with E-state index >= 15 is 4.39 Å². The van der Waals surface area contributed by atoms with E-state index in [1.807, 2.05) is 6.08 Å². The molecule has 0 aromatic rings. The van der Waals surface area contributed by atoms with Gasteiger partial charge in [-0.05, 0) is 68.3 Å². The SMILES string of the molecule is CCCCCCC(=O)O[C@H]1CC[C@H]2[C@@H]3CCC4=CC(=O)CC[C@]4(C)[C@H]3[C@@H](F)C[C@]12C. The normalized spacial score (nSPS) is 42.7. The first-order valence-corrected chi connectivity index (χ1v) is 12.4. The summed E-state index contributed by atoms with van der Waals surface area (Å²) in [7, 11) is 0. The van der Waals surface area contributed by atoms with E-state index in [9.17, 15) is 9.59 Å². The van der Waals surface area contributed by atoms with Crippen LogP contribution in [0.5, 0.6) is 0 Å². The largest absolute Gasteiger partial charge is 0.462 e. The minimum Gasteiger partial charge on any atom is -0.462 e. The zero-order valence-corrected chi connectivity index (χ0v) is 19.1. The van der Waals surface area contributed by atoms with Crippen LogP contribution in [-0.2, 0) is 14.3 Å². The number of esters is 1. The number of ether oxygens (including phenoxy) is 1. The molecule has 3 nitrogen and oxygen atoms in total. The molecular formula is C26H39FO3. The minimum atomic E-state index is -0.887. The number of carbonyl (C=O) groups is 2. The zero-order valence-electron chi connectivity index (χ0n) is 19.1. The topological polar surface area (TPSA) is 43.4 Å². The van der Waals surface area contributed by atoms with Crippen LogP contribution < -0.4 is 0 Å². The maximum absolute atomic E-state index is 15.9. The smallest absolute Gasteiger partial charge is 0.306 e. The summed E-state index contributed by atoms with van der Waals surface area (Å²) in [5.74, 6) is 0.879. The van der Waals surface area contributed by atoms with E-state index in [0.717, 1.165) is 57.8 Å². The van der Waals surface area contributed by atoms with Crippen molar-refractivity contribution in [1.29, 1.82) is 0 Å². The first-order valence-electron chi connectivity index (χ1n) is 12.4. The van der Waals surface area contributed by atoms with Crippen molar-refractivity contribution in [2.75, 3.05) is 0 Å². The average molecular weight is 419 g/mol. The lowest BCUT2D eigenvalue weighted by atomic mass is 9.47. The van der Waals surface area contributed by atoms with Crippen LogP contribution in [0.3, 0.4) is 0 Å². The first-order chi connectivity index (χ1) is 14.3. The highest BCUT2D eigenvalue weighted by molar-refractivity contribution is 5.91. The van der Waals surface area contributed by atoms with Gasteiger partial charge in [-0.3, -0.25) is 9.59 Å². The molecule has 4 heteroatoms. The molecule has 0 bridgehead atoms. The lowest BCUT2D eigenvalue weighted by molar-refractivity contribution is -0.165. The summed E-state index contributed by atoms with van der Waals surface area (Å²) < 4.78 is 21.8. The fourth-order valence-corrected chi connectivity index (χ4v) is 7.68. The number of alkyl halides is 1. The van der Waals surface area contributed by atoms with E-state index in [1.165, 1.54) is 5.57 Å². The maximum Gasteiger partial charge on any atom is 0.306 e. The van der Waals surface area contributed by atoms with E-state index in [-0.39, 0.29) is 34.6 Å². The molecule has 0 unspecified atom stereocenters. The summed E-state index contributed by atoms with van der Waals surface area (Å²) in [5.41, 5.74) is 0.771. The molecule has 168 valence electrons. The third-order valence-corrected chi connectivity index (χ3v) is 9.28. The molecule has 0 N–H and O–H groups in total. The second kappa shape index (κ2) is 8.39. The molecule has 0 amide bonds. The molecule has 0 spiro atoms. The highest BCUT2D eigenvalue weighted by Gasteiger charge is 2.63. The number of hydrogen-bond donors (Lipinski definition) is 0. The van der Waals surface area contributed by atoms with Crippen LogP contribution >= 0.6 is 0 Å². The quantitative estimate of drug-likeness (QED) is 0.373. The predicted octanol–water partition coefficient (Wildman–Crippen LogP) is 6.35. The van der Waals surface area contributed by atoms with Gasteiger partial charge in [0.15, 0.2) is 5.78 Å². The fraction of sp³-hybridized carbons (Fsp3) is 0.846. The Kier molecular flexibility index (Phi) is 6.16. The molecule has 0 radical (unpaired) electrons. The first kappa shape index (κ1) is 22.0. The summed E-state index contributed by atoms with van der Waals surface area (Å²) in [6.45, 7) is 6.55. The molecule has 0 aromatic heterocycles. The predicted molar refractivity (Wildman–Crippen MR) is 116 cm³/mol. The number of allylic oxidation sites excluding steroid dienone is 1. The van der Waals surface area contributed by atoms with Crippen molar-refractivity contribution in [2.45, 2.75) is 110 Å². The average Bonchev–Trinajstić information content (AvgIpc) is 3.01. The van der Waals surface area contributed by atoms with Gasteiger partial charge in [-0.15, -0.1) is 0 Å². The Labute approximate surface area is 181 Å². The number of hydrogen-bond acceptors (Lipinski definition) is 3. The Hall–Kier alpha value is -1.19. The summed E-state index contributed by atoms with van der Waals surface area (Å²) in [6, 6.07) is 0. The van der Waals surface area contributed by atoms with Crippen molar-refractivity contribution in [2.24, 2.45) is 28.6 Å². The van der Waals surface area contributed by atoms with Crippen molar-refractivity contribution in [3.05, 3.63) is 11.6 Å². The highest BCUT2D eigenvalue weighted by Crippen LogP contribution is 2.66. The van der Waals surface area contributed by atoms with Crippen molar-refractivity contribution in [3.63, 3.8) is 0 Å². The number of fused-ring (bicyclic) bond motifs is 5. The Morgan fingerprint density at radius 2 is 1.97 bits per heavy atom. The molecule has 0 saturated heterocycles. The van der Waals surface area contributed by atoms with Crippen LogP contribution in [0.15, 0.2) is 11.6 Å². The second-order valence-corrected chi connectivity index (χ2v) is 11.0. The van der Waals surface area contributed by atoms with Gasteiger partial charge in [-0.2, -0.15) is 0 Å². The number of unbranched alkanes of at least 4 members (excludes halogenated alkanes) is 3. The highest BCUT2D eigenvalue weighted by atomic mass is 19.1. The van der Waals surface area contributed by atoms with E-state index in [1.54, 1.807) is 0 Å². The van der Waals surface area contributed by atoms with Crippen LogP contribution in [0.2, 0.25) is 0 Å². The van der Waals surface area contributed by atoms with Gasteiger partial charge in [0.2, 0.25) is 0 Å². The Balaban J connectivity index is 1.48. The lowest BCUT2D eigenvalue weighted by Crippen LogP contribution is -2.56. The molecule has 4 aliphatic carbocycles. The molecular weight excluding hydrogens is 379 g/mol. The van der Waals surface area contributed by atoms with Crippen LogP contribution in [0.25, 0.3) is 0 Å². The Morgan fingerprint density at radius 1 is 1.17 bits per heavy atom. The summed E-state index contributed by atoms with van der Waals surface area (Å²) >= 11 is 0. The molecule has 0 aromatic carbocycles. The molecule has 3 fully saturated rings. The number of rotatable bonds is 6. The Morgan fingerprint density at radius 3 is 2.73 bits per heavy atom. The molecule has 3 saturated carbocycles. The third kappa shape index (κ3) is 3.66. The van der Waals surface area contributed by atoms with Crippen molar-refractivity contribution in [3.8, 4) is 0 Å². The maximum atomic E-state index is 15.9. The van der Waals surface area contributed by atoms with Crippen LogP contribution in [0, 0.1) is 28.6 Å². The summed E-state index contributed by atoms with van der Waals surface area (Å²) in [5, 5.41) is 0. The van der Waals surface area contributed by atoms with E-state index in [2.05, 4.69) is 20.8 Å². The van der Waals surface area contributed by atoms with Crippen molar-refractivity contribution < 1.29 is 18.7 Å². The monoisotopic (exact) mass is 418 g/mol. The lowest BCUT2D eigenvalue weighted by Gasteiger charge is -2.58. The van der Waals surface area contributed by atoms with Gasteiger partial charge in [0.25, 0.3) is 0 Å². The third-order valence-electron chi connectivity index (χ3n) is 9.28. The number of carbonyl (C=O) groups excluding carboxylic acids is 2. The van der Waals surface area contributed by atoms with Gasteiger partial charge in [-0.1, -0.05) is 45.6 Å². The van der Waals surface area contributed by atoms with Crippen LogP contribution in [0.4, 0.5) is 4.39 Å². The fourth-order valence-electron chi connectivity index (χ4n) is 7.68. The molecule has 0 heterocycles. The molecule has 0 aliphatic heterocycles. The van der Waals surface area contributed by atoms with Crippen LogP contribution in [-0.4, -0.2) is 24.0 Å². The number of halogens is 1. The van der Waals surface area contributed by atoms with Crippen molar-refractivity contribution >= 4 is 11.8 Å². The van der Waals surface area contributed by atoms with Gasteiger partial charge in [-0.25, -0.2) is 4.39 Å². The minimum absolute atomic E-state index is 0.00664. The van der Waals surface area contributed by atoms with E-state index in [4.69, 9.17) is 4.74 Å². The zero-order chi connectivity index (χ0) is 21.5. The molecule has 4 rings (SSSR count). The van der Waals surface area contributed by atoms with E-state index in [0.29, 0.717) is 31.1 Å². The molecule has 4 aliphatic rings. The van der Waals surface area contributed by atoms with Crippen molar-refractivity contribution in [1.82, 2.24) is 0 Å². The molecule has 7 atom stereocenters. The number of ketones is 1. The standard InChI is InChI=1S/C26H39FO3/c1-4-5-6-7-8-23(29)30-22-12-11-20-19-10-9-17-15-18(28)13-14-25(17,2)24(19)21(27)16-26(20,22)3/h15,19-22,24H,4-14,16H2,1-3H3/t19-,20-,21-,22-,24+,25-,26-/m0/s1. The summed E-state index contributed by atoms with van der Waals surface area (Å²) in [4.78, 5) is 24.4. The summed E-state index contributed by atoms with van der Waals surface area (Å²) in [6.07, 6.45) is 11.2. The molecule has 30 heavy (non-hydrogen) atoms. The van der Waals surface area contributed by atoms with Crippen LogP contribution in [0.1, 0.15) is 97.8 Å². The van der Waals surface area contributed by atoms with E-state index < -0.39 is 6.17 Å². The second-order valence-electron chi connectivity index (χ2n) is 11.0. The van der Waals surface area contributed by atoms with Gasteiger partial charge in [0.05, 0.1) is 0 Å². The van der Waals surface area contributed by atoms with Gasteiger partial charge in [0.1, 0.15) is 12.3 Å².